The summed E-state index contributed by atoms with van der Waals surface area (Å²) in [6.45, 7) is 4.50. The third kappa shape index (κ3) is 21.0. The van der Waals surface area contributed by atoms with E-state index in [9.17, 15) is 12.8 Å². The smallest absolute Gasteiger partial charge is 0.299 e. The predicted octanol–water partition coefficient (Wildman–Crippen LogP) is 8.63. The van der Waals surface area contributed by atoms with Crippen LogP contribution in [0.25, 0.3) is 0 Å². The highest BCUT2D eigenvalue weighted by Crippen LogP contribution is 2.17. The summed E-state index contributed by atoms with van der Waals surface area (Å²) in [6, 6.07) is 0. The Labute approximate surface area is 187 Å². The van der Waals surface area contributed by atoms with Gasteiger partial charge in [-0.15, -0.1) is 0 Å². The summed E-state index contributed by atoms with van der Waals surface area (Å²) < 4.78 is 42.3. The van der Waals surface area contributed by atoms with Crippen LogP contribution in [0.15, 0.2) is 0 Å². The van der Waals surface area contributed by atoms with Gasteiger partial charge in [-0.25, -0.2) is 4.39 Å². The highest BCUT2D eigenvalue weighted by Gasteiger charge is 2.25. The van der Waals surface area contributed by atoms with E-state index < -0.39 is 15.6 Å². The summed E-state index contributed by atoms with van der Waals surface area (Å²) in [5, 5.41) is 0. The summed E-state index contributed by atoms with van der Waals surface area (Å²) in [5.74, 6) is 0. The largest absolute Gasteiger partial charge is 0.344 e. The van der Waals surface area contributed by atoms with Gasteiger partial charge in [0.25, 0.3) is 10.1 Å². The second-order valence-corrected chi connectivity index (χ2v) is 10.3. The molecule has 30 heavy (non-hydrogen) atoms. The van der Waals surface area contributed by atoms with Gasteiger partial charge >= 0.3 is 0 Å². The summed E-state index contributed by atoms with van der Waals surface area (Å²) >= 11 is 0. The van der Waals surface area contributed by atoms with Gasteiger partial charge in [0.1, 0.15) is 0 Å². The van der Waals surface area contributed by atoms with Crippen LogP contribution in [0.4, 0.5) is 4.39 Å². The standard InChI is InChI=1S/C24H49FO3S.H3N/c1-3-5-7-9-10-11-12-13-14-15-16-17-19-21-23-28-29(26,27)24(25)22-20-18-8-6-4-2;/h24H,3-23H2,1-2H3;1H3. The van der Waals surface area contributed by atoms with E-state index in [4.69, 9.17) is 4.18 Å². The molecule has 6 heteroatoms. The predicted molar refractivity (Wildman–Crippen MR) is 128 cm³/mol. The topological polar surface area (TPSA) is 78.4 Å². The molecule has 0 bridgehead atoms. The second-order valence-electron chi connectivity index (χ2n) is 8.52. The van der Waals surface area contributed by atoms with Crippen molar-refractivity contribution < 1.29 is 17.0 Å². The molecule has 0 saturated carbocycles. The summed E-state index contributed by atoms with van der Waals surface area (Å²) in [4.78, 5) is 0. The molecule has 0 aromatic heterocycles. The van der Waals surface area contributed by atoms with Crippen molar-refractivity contribution in [1.82, 2.24) is 6.15 Å². The maximum atomic E-state index is 13.9. The molecular formula is C24H52FNO3S. The summed E-state index contributed by atoms with van der Waals surface area (Å²) in [7, 11) is -4.04. The molecule has 1 atom stereocenters. The minimum absolute atomic E-state index is 0. The van der Waals surface area contributed by atoms with E-state index in [1.165, 1.54) is 70.6 Å². The Kier molecular flexibility index (Phi) is 25.0. The van der Waals surface area contributed by atoms with Gasteiger partial charge in [-0.1, -0.05) is 123 Å². The van der Waals surface area contributed by atoms with Crippen LogP contribution in [-0.2, 0) is 14.3 Å². The number of rotatable bonds is 23. The monoisotopic (exact) mass is 453 g/mol. The molecular weight excluding hydrogens is 401 g/mol. The lowest BCUT2D eigenvalue weighted by Crippen LogP contribution is -2.19. The number of alkyl halides is 1. The Balaban J connectivity index is 0. The molecule has 4 nitrogen and oxygen atoms in total. The molecule has 0 rings (SSSR count). The van der Waals surface area contributed by atoms with Crippen LogP contribution >= 0.6 is 0 Å². The zero-order valence-corrected chi connectivity index (χ0v) is 21.0. The zero-order chi connectivity index (χ0) is 21.6. The van der Waals surface area contributed by atoms with Crippen molar-refractivity contribution >= 4 is 10.1 Å². The molecule has 0 aliphatic heterocycles. The molecule has 0 aromatic carbocycles. The molecule has 184 valence electrons. The minimum atomic E-state index is -4.04. The maximum Gasteiger partial charge on any atom is 0.299 e. The quantitative estimate of drug-likeness (QED) is 0.124. The molecule has 0 aliphatic carbocycles. The number of unbranched alkanes of at least 4 members (excludes halogenated alkanes) is 17. The first-order chi connectivity index (χ1) is 14.0. The van der Waals surface area contributed by atoms with E-state index >= 15 is 0 Å². The van der Waals surface area contributed by atoms with Gasteiger partial charge in [0.15, 0.2) is 0 Å². The van der Waals surface area contributed by atoms with E-state index in [0.29, 0.717) is 12.8 Å². The van der Waals surface area contributed by atoms with Gasteiger partial charge in [0.2, 0.25) is 5.50 Å². The average molecular weight is 454 g/mol. The van der Waals surface area contributed by atoms with Crippen molar-refractivity contribution in [3.05, 3.63) is 0 Å². The molecule has 0 amide bonds. The Hall–Kier alpha value is -0.200. The lowest BCUT2D eigenvalue weighted by molar-refractivity contribution is 0.270. The Bertz CT molecular complexity index is 432. The van der Waals surface area contributed by atoms with Crippen LogP contribution < -0.4 is 6.15 Å². The normalized spacial score (nSPS) is 12.6. The van der Waals surface area contributed by atoms with Crippen LogP contribution in [-0.4, -0.2) is 20.5 Å². The van der Waals surface area contributed by atoms with Crippen molar-refractivity contribution in [3.63, 3.8) is 0 Å². The second kappa shape index (κ2) is 23.5. The van der Waals surface area contributed by atoms with E-state index in [0.717, 1.165) is 38.5 Å². The lowest BCUT2D eigenvalue weighted by Gasteiger charge is -2.10. The van der Waals surface area contributed by atoms with Crippen LogP contribution in [0, 0.1) is 0 Å². The molecule has 0 spiro atoms. The number of hydrogen-bond acceptors (Lipinski definition) is 4. The van der Waals surface area contributed by atoms with Crippen molar-refractivity contribution in [3.8, 4) is 0 Å². The molecule has 0 heterocycles. The highest BCUT2D eigenvalue weighted by atomic mass is 32.2. The SMILES string of the molecule is CCCCCCCCCCCCCCCCOS(=O)(=O)C(F)CCCCCCC.N. The third-order valence-corrected chi connectivity index (χ3v) is 6.95. The molecule has 0 saturated heterocycles. The van der Waals surface area contributed by atoms with Crippen LogP contribution in [0.5, 0.6) is 0 Å². The van der Waals surface area contributed by atoms with Crippen LogP contribution in [0.1, 0.15) is 142 Å². The van der Waals surface area contributed by atoms with E-state index in [1.807, 2.05) is 0 Å². The van der Waals surface area contributed by atoms with E-state index in [2.05, 4.69) is 13.8 Å². The molecule has 0 fully saturated rings. The van der Waals surface area contributed by atoms with Gasteiger partial charge in [-0.05, 0) is 19.3 Å². The van der Waals surface area contributed by atoms with Crippen molar-refractivity contribution in [2.24, 2.45) is 0 Å². The minimum Gasteiger partial charge on any atom is -0.344 e. The maximum absolute atomic E-state index is 13.9. The Morgan fingerprint density at radius 3 is 1.33 bits per heavy atom. The third-order valence-electron chi connectivity index (χ3n) is 5.59. The Morgan fingerprint density at radius 1 is 0.600 bits per heavy atom. The fourth-order valence-corrected chi connectivity index (χ4v) is 4.55. The molecule has 0 aliphatic rings. The first-order valence-electron chi connectivity index (χ1n) is 12.6. The first kappa shape index (κ1) is 32.0. The van der Waals surface area contributed by atoms with Gasteiger partial charge in [-0.2, -0.15) is 8.42 Å². The van der Waals surface area contributed by atoms with E-state index in [1.54, 1.807) is 0 Å². The summed E-state index contributed by atoms with van der Waals surface area (Å²) in [6.07, 6.45) is 22.4. The van der Waals surface area contributed by atoms with Crippen LogP contribution in [0.2, 0.25) is 0 Å². The highest BCUT2D eigenvalue weighted by molar-refractivity contribution is 7.87. The van der Waals surface area contributed by atoms with Crippen molar-refractivity contribution in [1.29, 1.82) is 0 Å². The average Bonchev–Trinajstić information content (AvgIpc) is 2.70. The molecule has 0 aromatic rings. The fraction of sp³-hybridized carbons (Fsp3) is 1.00. The lowest BCUT2D eigenvalue weighted by atomic mass is 10.0. The fourth-order valence-electron chi connectivity index (χ4n) is 3.60. The molecule has 1 unspecified atom stereocenters. The van der Waals surface area contributed by atoms with Gasteiger partial charge < -0.3 is 6.15 Å². The van der Waals surface area contributed by atoms with Crippen molar-refractivity contribution in [2.75, 3.05) is 6.61 Å². The van der Waals surface area contributed by atoms with Gasteiger partial charge in [-0.3, -0.25) is 4.18 Å². The molecule has 3 N–H and O–H groups in total. The van der Waals surface area contributed by atoms with E-state index in [-0.39, 0.29) is 19.2 Å². The van der Waals surface area contributed by atoms with Gasteiger partial charge in [0, 0.05) is 0 Å². The Morgan fingerprint density at radius 2 is 0.933 bits per heavy atom. The van der Waals surface area contributed by atoms with Gasteiger partial charge in [0.05, 0.1) is 6.61 Å². The number of hydrogen-bond donors (Lipinski definition) is 1. The van der Waals surface area contributed by atoms with Crippen molar-refractivity contribution in [2.45, 2.75) is 148 Å². The first-order valence-corrected chi connectivity index (χ1v) is 14.0. The zero-order valence-electron chi connectivity index (χ0n) is 20.1. The van der Waals surface area contributed by atoms with Crippen LogP contribution in [0.3, 0.4) is 0 Å². The molecule has 0 radical (unpaired) electrons. The summed E-state index contributed by atoms with van der Waals surface area (Å²) in [5.41, 5.74) is -1.87. The number of halogens is 1.